The molecule has 3 aromatic carbocycles. The Labute approximate surface area is 205 Å². The first kappa shape index (κ1) is 24.7. The number of carbonyl (C=O) groups is 2. The third-order valence-corrected chi connectivity index (χ3v) is 5.16. The third kappa shape index (κ3) is 6.12. The van der Waals surface area contributed by atoms with E-state index >= 15 is 0 Å². The Hall–Kier alpha value is -4.89. The van der Waals surface area contributed by atoms with Crippen LogP contribution in [0, 0.1) is 31.6 Å². The second kappa shape index (κ2) is 10.8. The smallest absolute Gasteiger partial charge is 0.350 e. The van der Waals surface area contributed by atoms with Gasteiger partial charge in [-0.05, 0) is 51.8 Å². The maximum absolute atomic E-state index is 12.5. The average molecular weight is 537 g/mol. The van der Waals surface area contributed by atoms with Crippen LogP contribution in [-0.4, -0.2) is 21.7 Å². The van der Waals surface area contributed by atoms with Crippen LogP contribution in [0.15, 0.2) is 76.8 Å². The number of amides is 1. The molecule has 11 nitrogen and oxygen atoms in total. The largest absolute Gasteiger partial charge is 0.423 e. The number of hydrogen-bond donors (Lipinski definition) is 1. The summed E-state index contributed by atoms with van der Waals surface area (Å²) >= 11 is 3.14. The number of nitriles is 1. The van der Waals surface area contributed by atoms with Crippen molar-refractivity contribution < 1.29 is 24.2 Å². The molecule has 0 spiro atoms. The summed E-state index contributed by atoms with van der Waals surface area (Å²) in [5.74, 6) is -1.55. The van der Waals surface area contributed by atoms with E-state index in [1.165, 1.54) is 72.8 Å². The van der Waals surface area contributed by atoms with Crippen LogP contribution >= 0.6 is 15.9 Å². The Morgan fingerprint density at radius 2 is 1.69 bits per heavy atom. The lowest BCUT2D eigenvalue weighted by Gasteiger charge is -2.07. The SMILES string of the molecule is N#CC(=Cc1ccc(OC(=O)c2ccccc2[N+](=O)[O-])cc1)C(=O)Nc1ccc([N+](=O)[O-])cc1Br. The van der Waals surface area contributed by atoms with E-state index in [4.69, 9.17) is 4.74 Å². The average Bonchev–Trinajstić information content (AvgIpc) is 2.84. The van der Waals surface area contributed by atoms with Crippen molar-refractivity contribution in [2.75, 3.05) is 5.32 Å². The summed E-state index contributed by atoms with van der Waals surface area (Å²) < 4.78 is 5.45. The lowest BCUT2D eigenvalue weighted by molar-refractivity contribution is -0.385. The normalized spacial score (nSPS) is 10.7. The van der Waals surface area contributed by atoms with Crippen molar-refractivity contribution in [2.24, 2.45) is 0 Å². The van der Waals surface area contributed by atoms with Crippen LogP contribution < -0.4 is 10.1 Å². The first-order valence-corrected chi connectivity index (χ1v) is 10.4. The fourth-order valence-electron chi connectivity index (χ4n) is 2.82. The van der Waals surface area contributed by atoms with Gasteiger partial charge in [0.15, 0.2) is 0 Å². The van der Waals surface area contributed by atoms with E-state index in [1.807, 2.05) is 0 Å². The zero-order valence-electron chi connectivity index (χ0n) is 17.5. The molecule has 35 heavy (non-hydrogen) atoms. The Bertz CT molecular complexity index is 1410. The topological polar surface area (TPSA) is 165 Å². The minimum Gasteiger partial charge on any atom is -0.423 e. The predicted molar refractivity (Wildman–Crippen MR) is 128 cm³/mol. The van der Waals surface area contributed by atoms with E-state index in [-0.39, 0.29) is 38.4 Å². The molecule has 0 atom stereocenters. The van der Waals surface area contributed by atoms with Crippen LogP contribution in [0.25, 0.3) is 6.08 Å². The lowest BCUT2D eigenvalue weighted by Crippen LogP contribution is -2.14. The molecular formula is C23H13BrN4O7. The Balaban J connectivity index is 1.73. The molecule has 0 saturated carbocycles. The van der Waals surface area contributed by atoms with Crippen molar-refractivity contribution in [1.29, 1.82) is 5.26 Å². The molecule has 0 aliphatic rings. The van der Waals surface area contributed by atoms with E-state index < -0.39 is 21.7 Å². The molecular weight excluding hydrogens is 524 g/mol. The minimum atomic E-state index is -0.911. The van der Waals surface area contributed by atoms with Crippen LogP contribution in [0.2, 0.25) is 0 Å². The maximum Gasteiger partial charge on any atom is 0.350 e. The van der Waals surface area contributed by atoms with Gasteiger partial charge >= 0.3 is 5.97 Å². The van der Waals surface area contributed by atoms with Crippen LogP contribution in [0.4, 0.5) is 17.1 Å². The number of halogens is 1. The molecule has 12 heteroatoms. The number of para-hydroxylation sites is 1. The number of non-ortho nitro benzene ring substituents is 1. The fraction of sp³-hybridized carbons (Fsp3) is 0. The summed E-state index contributed by atoms with van der Waals surface area (Å²) in [6.07, 6.45) is 1.29. The summed E-state index contributed by atoms with van der Waals surface area (Å²) in [4.78, 5) is 45.5. The van der Waals surface area contributed by atoms with Crippen molar-refractivity contribution in [3.8, 4) is 11.8 Å². The summed E-state index contributed by atoms with van der Waals surface area (Å²) in [6.45, 7) is 0. The number of carbonyl (C=O) groups excluding carboxylic acids is 2. The number of benzene rings is 3. The quantitative estimate of drug-likeness (QED) is 0.109. The van der Waals surface area contributed by atoms with Gasteiger partial charge < -0.3 is 10.1 Å². The van der Waals surface area contributed by atoms with E-state index in [2.05, 4.69) is 21.2 Å². The van der Waals surface area contributed by atoms with Crippen LogP contribution in [0.1, 0.15) is 15.9 Å². The van der Waals surface area contributed by atoms with Gasteiger partial charge in [-0.1, -0.05) is 24.3 Å². The lowest BCUT2D eigenvalue weighted by atomic mass is 10.1. The number of ether oxygens (including phenoxy) is 1. The van der Waals surface area contributed by atoms with Crippen molar-refractivity contribution in [3.05, 3.63) is 108 Å². The molecule has 174 valence electrons. The Morgan fingerprint density at radius 3 is 2.29 bits per heavy atom. The maximum atomic E-state index is 12.5. The molecule has 1 N–H and O–H groups in total. The predicted octanol–water partition coefficient (Wildman–Crippen LogP) is 5.03. The van der Waals surface area contributed by atoms with Gasteiger partial charge in [-0.3, -0.25) is 25.0 Å². The van der Waals surface area contributed by atoms with Crippen molar-refractivity contribution in [2.45, 2.75) is 0 Å². The highest BCUT2D eigenvalue weighted by Crippen LogP contribution is 2.28. The van der Waals surface area contributed by atoms with Gasteiger partial charge in [-0.2, -0.15) is 5.26 Å². The first-order chi connectivity index (χ1) is 16.7. The molecule has 0 radical (unpaired) electrons. The van der Waals surface area contributed by atoms with E-state index in [0.29, 0.717) is 5.56 Å². The van der Waals surface area contributed by atoms with Gasteiger partial charge in [0.2, 0.25) is 0 Å². The van der Waals surface area contributed by atoms with Gasteiger partial charge in [0.1, 0.15) is 23.0 Å². The number of rotatable bonds is 7. The molecule has 3 aromatic rings. The number of nitrogens with zero attached hydrogens (tertiary/aromatic N) is 3. The fourth-order valence-corrected chi connectivity index (χ4v) is 3.29. The zero-order valence-corrected chi connectivity index (χ0v) is 19.1. The number of esters is 1. The van der Waals surface area contributed by atoms with Gasteiger partial charge in [0.25, 0.3) is 17.3 Å². The number of hydrogen-bond acceptors (Lipinski definition) is 8. The molecule has 0 fully saturated rings. The highest BCUT2D eigenvalue weighted by Gasteiger charge is 2.21. The van der Waals surface area contributed by atoms with Crippen molar-refractivity contribution in [1.82, 2.24) is 0 Å². The summed E-state index contributed by atoms with van der Waals surface area (Å²) in [7, 11) is 0. The van der Waals surface area contributed by atoms with Crippen LogP contribution in [0.5, 0.6) is 5.75 Å². The molecule has 0 heterocycles. The van der Waals surface area contributed by atoms with Crippen molar-refractivity contribution in [3.63, 3.8) is 0 Å². The molecule has 0 bridgehead atoms. The van der Waals surface area contributed by atoms with Gasteiger partial charge in [0, 0.05) is 22.7 Å². The summed E-state index contributed by atoms with van der Waals surface area (Å²) in [6, 6.07) is 16.7. The Morgan fingerprint density at radius 1 is 1.00 bits per heavy atom. The first-order valence-electron chi connectivity index (χ1n) is 9.62. The second-order valence-electron chi connectivity index (χ2n) is 6.78. The Kier molecular flexibility index (Phi) is 7.65. The standard InChI is InChI=1S/C23H13BrN4O7/c24-19-12-16(27(31)32)7-10-20(19)26-22(29)15(13-25)11-14-5-8-17(9-6-14)35-23(30)18-3-1-2-4-21(18)28(33)34/h1-12H,(H,26,29). The van der Waals surface area contributed by atoms with Crippen molar-refractivity contribution >= 4 is 50.9 Å². The molecule has 0 aliphatic carbocycles. The molecule has 3 rings (SSSR count). The number of anilines is 1. The van der Waals surface area contributed by atoms with Gasteiger partial charge in [-0.15, -0.1) is 0 Å². The number of nitro groups is 2. The number of nitro benzene ring substituents is 2. The number of nitrogens with one attached hydrogen (secondary N) is 1. The molecule has 0 aliphatic heterocycles. The van der Waals surface area contributed by atoms with E-state index in [9.17, 15) is 35.1 Å². The zero-order chi connectivity index (χ0) is 25.5. The molecule has 0 unspecified atom stereocenters. The summed E-state index contributed by atoms with van der Waals surface area (Å²) in [5.41, 5.74) is -0.346. The van der Waals surface area contributed by atoms with E-state index in [1.54, 1.807) is 6.07 Å². The summed E-state index contributed by atoms with van der Waals surface area (Å²) in [5, 5.41) is 33.8. The second-order valence-corrected chi connectivity index (χ2v) is 7.63. The van der Waals surface area contributed by atoms with Gasteiger partial charge in [-0.25, -0.2) is 4.79 Å². The van der Waals surface area contributed by atoms with Gasteiger partial charge in [0.05, 0.1) is 15.5 Å². The molecule has 0 aromatic heterocycles. The minimum absolute atomic E-state index is 0.100. The highest BCUT2D eigenvalue weighted by atomic mass is 79.9. The van der Waals surface area contributed by atoms with Crippen LogP contribution in [-0.2, 0) is 4.79 Å². The molecule has 1 amide bonds. The molecule has 0 saturated heterocycles. The van der Waals surface area contributed by atoms with E-state index in [0.717, 1.165) is 0 Å². The highest BCUT2D eigenvalue weighted by molar-refractivity contribution is 9.10. The van der Waals surface area contributed by atoms with Crippen LogP contribution in [0.3, 0.4) is 0 Å². The third-order valence-electron chi connectivity index (χ3n) is 4.50. The monoisotopic (exact) mass is 536 g/mol.